The van der Waals surface area contributed by atoms with Gasteiger partial charge in [0.15, 0.2) is 0 Å². The smallest absolute Gasteiger partial charge is 0.254 e. The van der Waals surface area contributed by atoms with Gasteiger partial charge in [-0.3, -0.25) is 4.79 Å². The van der Waals surface area contributed by atoms with Crippen molar-refractivity contribution in [1.29, 1.82) is 0 Å². The van der Waals surface area contributed by atoms with E-state index in [1.165, 1.54) is 23.0 Å². The fourth-order valence-electron chi connectivity index (χ4n) is 2.35. The third-order valence-electron chi connectivity index (χ3n) is 3.66. The molecule has 0 spiro atoms. The molecule has 4 nitrogen and oxygen atoms in total. The van der Waals surface area contributed by atoms with E-state index in [0.29, 0.717) is 34.3 Å². The Balaban J connectivity index is 1.61. The zero-order valence-corrected chi connectivity index (χ0v) is 14.6. The molecular formula is C18H14Cl2FN3O. The van der Waals surface area contributed by atoms with Gasteiger partial charge in [0.05, 0.1) is 17.4 Å². The Hall–Kier alpha value is -2.37. The second-order valence-corrected chi connectivity index (χ2v) is 6.17. The lowest BCUT2D eigenvalue weighted by atomic mass is 10.1. The molecule has 0 radical (unpaired) electrons. The molecule has 0 saturated heterocycles. The maximum atomic E-state index is 13.0. The Kier molecular flexibility index (Phi) is 5.36. The summed E-state index contributed by atoms with van der Waals surface area (Å²) in [7, 11) is 0. The first-order valence-electron chi connectivity index (χ1n) is 7.56. The van der Waals surface area contributed by atoms with E-state index in [0.717, 1.165) is 5.56 Å². The molecule has 1 aromatic heterocycles. The zero-order chi connectivity index (χ0) is 17.8. The lowest BCUT2D eigenvalue weighted by molar-refractivity contribution is 0.0954. The topological polar surface area (TPSA) is 46.9 Å². The van der Waals surface area contributed by atoms with E-state index >= 15 is 0 Å². The molecule has 25 heavy (non-hydrogen) atoms. The molecule has 1 heterocycles. The van der Waals surface area contributed by atoms with Crippen molar-refractivity contribution >= 4 is 29.1 Å². The van der Waals surface area contributed by atoms with Gasteiger partial charge in [0.2, 0.25) is 0 Å². The van der Waals surface area contributed by atoms with Crippen LogP contribution < -0.4 is 5.32 Å². The van der Waals surface area contributed by atoms with Crippen molar-refractivity contribution < 1.29 is 9.18 Å². The molecule has 0 bridgehead atoms. The van der Waals surface area contributed by atoms with E-state index < -0.39 is 0 Å². The second kappa shape index (κ2) is 7.68. The van der Waals surface area contributed by atoms with E-state index in [-0.39, 0.29) is 11.7 Å². The molecule has 0 aliphatic carbocycles. The van der Waals surface area contributed by atoms with Crippen molar-refractivity contribution in [2.24, 2.45) is 0 Å². The van der Waals surface area contributed by atoms with Crippen LogP contribution in [0.2, 0.25) is 10.0 Å². The summed E-state index contributed by atoms with van der Waals surface area (Å²) in [6.07, 6.45) is 3.57. The Morgan fingerprint density at radius 2 is 1.80 bits per heavy atom. The number of halogens is 3. The van der Waals surface area contributed by atoms with E-state index in [1.807, 2.05) is 0 Å². The molecule has 0 unspecified atom stereocenters. The van der Waals surface area contributed by atoms with Crippen LogP contribution in [0, 0.1) is 5.82 Å². The number of hydrogen-bond acceptors (Lipinski definition) is 2. The summed E-state index contributed by atoms with van der Waals surface area (Å²) in [6, 6.07) is 11.1. The quantitative estimate of drug-likeness (QED) is 0.720. The third-order valence-corrected chi connectivity index (χ3v) is 4.37. The Labute approximate surface area is 154 Å². The number of nitrogens with zero attached hydrogens (tertiary/aromatic N) is 2. The van der Waals surface area contributed by atoms with E-state index in [9.17, 15) is 9.18 Å². The largest absolute Gasteiger partial charge is 0.352 e. The van der Waals surface area contributed by atoms with E-state index in [2.05, 4.69) is 10.4 Å². The van der Waals surface area contributed by atoms with Gasteiger partial charge in [0.1, 0.15) is 5.82 Å². The van der Waals surface area contributed by atoms with Crippen LogP contribution >= 0.6 is 23.2 Å². The van der Waals surface area contributed by atoms with Crippen LogP contribution in [0.15, 0.2) is 54.9 Å². The zero-order valence-electron chi connectivity index (χ0n) is 13.0. The highest BCUT2D eigenvalue weighted by atomic mass is 35.5. The van der Waals surface area contributed by atoms with E-state index in [1.54, 1.807) is 36.5 Å². The molecule has 0 fully saturated rings. The first-order chi connectivity index (χ1) is 12.0. The number of carbonyl (C=O) groups is 1. The standard InChI is InChI=1S/C18H14Cl2FN3O/c19-16-2-1-3-17(20)15(16)8-9-22-18(25)12-10-23-24(11-12)14-6-4-13(21)5-7-14/h1-7,10-11H,8-9H2,(H,22,25). The highest BCUT2D eigenvalue weighted by molar-refractivity contribution is 6.36. The average molecular weight is 378 g/mol. The number of carbonyl (C=O) groups excluding carboxylic acids is 1. The maximum absolute atomic E-state index is 13.0. The molecule has 0 atom stereocenters. The molecule has 7 heteroatoms. The first kappa shape index (κ1) is 17.5. The van der Waals surface area contributed by atoms with Gasteiger partial charge in [0, 0.05) is 22.8 Å². The van der Waals surface area contributed by atoms with Crippen LogP contribution in [0.5, 0.6) is 0 Å². The summed E-state index contributed by atoms with van der Waals surface area (Å²) in [6.45, 7) is 0.393. The molecule has 0 aliphatic rings. The molecule has 1 amide bonds. The predicted octanol–water partition coefficient (Wildman–Crippen LogP) is 4.29. The Morgan fingerprint density at radius 1 is 1.12 bits per heavy atom. The number of aromatic nitrogens is 2. The first-order valence-corrected chi connectivity index (χ1v) is 8.32. The normalized spacial score (nSPS) is 10.7. The highest BCUT2D eigenvalue weighted by Crippen LogP contribution is 2.24. The number of hydrogen-bond donors (Lipinski definition) is 1. The Bertz CT molecular complexity index is 873. The van der Waals surface area contributed by atoms with Gasteiger partial charge in [-0.2, -0.15) is 5.10 Å². The second-order valence-electron chi connectivity index (χ2n) is 5.36. The molecule has 1 N–H and O–H groups in total. The van der Waals surface area contributed by atoms with Crippen molar-refractivity contribution in [2.75, 3.05) is 6.54 Å². The van der Waals surface area contributed by atoms with Gasteiger partial charge >= 0.3 is 0 Å². The third kappa shape index (κ3) is 4.18. The summed E-state index contributed by atoms with van der Waals surface area (Å²) in [5.41, 5.74) is 1.88. The average Bonchev–Trinajstić information content (AvgIpc) is 3.08. The van der Waals surface area contributed by atoms with Gasteiger partial charge in [-0.15, -0.1) is 0 Å². The van der Waals surface area contributed by atoms with Crippen molar-refractivity contribution in [3.05, 3.63) is 81.8 Å². The van der Waals surface area contributed by atoms with Crippen molar-refractivity contribution in [1.82, 2.24) is 15.1 Å². The number of amides is 1. The van der Waals surface area contributed by atoms with Crippen LogP contribution in [0.25, 0.3) is 5.69 Å². The van der Waals surface area contributed by atoms with Crippen LogP contribution in [0.4, 0.5) is 4.39 Å². The summed E-state index contributed by atoms with van der Waals surface area (Å²) < 4.78 is 14.5. The molecule has 2 aromatic carbocycles. The maximum Gasteiger partial charge on any atom is 0.254 e. The van der Waals surface area contributed by atoms with Crippen molar-refractivity contribution in [3.63, 3.8) is 0 Å². The summed E-state index contributed by atoms with van der Waals surface area (Å²) in [5.74, 6) is -0.580. The summed E-state index contributed by atoms with van der Waals surface area (Å²) in [5, 5.41) is 8.08. The van der Waals surface area contributed by atoms with Gasteiger partial charge in [-0.1, -0.05) is 29.3 Å². The lowest BCUT2D eigenvalue weighted by Crippen LogP contribution is -2.25. The van der Waals surface area contributed by atoms with Crippen LogP contribution in [-0.4, -0.2) is 22.2 Å². The van der Waals surface area contributed by atoms with Crippen LogP contribution in [0.1, 0.15) is 15.9 Å². The summed E-state index contributed by atoms with van der Waals surface area (Å²) in [4.78, 5) is 12.2. The fraction of sp³-hybridized carbons (Fsp3) is 0.111. The predicted molar refractivity (Wildman–Crippen MR) is 96.0 cm³/mol. The minimum atomic E-state index is -0.327. The SMILES string of the molecule is O=C(NCCc1c(Cl)cccc1Cl)c1cnn(-c2ccc(F)cc2)c1. The van der Waals surface area contributed by atoms with E-state index in [4.69, 9.17) is 23.2 Å². The van der Waals surface area contributed by atoms with Gasteiger partial charge in [-0.05, 0) is 48.4 Å². The number of rotatable bonds is 5. The van der Waals surface area contributed by atoms with Gasteiger partial charge in [-0.25, -0.2) is 9.07 Å². The van der Waals surface area contributed by atoms with Crippen LogP contribution in [0.3, 0.4) is 0 Å². The molecular weight excluding hydrogens is 364 g/mol. The highest BCUT2D eigenvalue weighted by Gasteiger charge is 2.10. The number of benzene rings is 2. The summed E-state index contributed by atoms with van der Waals surface area (Å²) >= 11 is 12.2. The van der Waals surface area contributed by atoms with Crippen molar-refractivity contribution in [2.45, 2.75) is 6.42 Å². The van der Waals surface area contributed by atoms with Crippen LogP contribution in [-0.2, 0) is 6.42 Å². The molecule has 0 aliphatic heterocycles. The number of nitrogens with one attached hydrogen (secondary N) is 1. The molecule has 0 saturated carbocycles. The Morgan fingerprint density at radius 3 is 2.48 bits per heavy atom. The minimum Gasteiger partial charge on any atom is -0.352 e. The molecule has 128 valence electrons. The lowest BCUT2D eigenvalue weighted by Gasteiger charge is -2.07. The molecule has 3 aromatic rings. The van der Waals surface area contributed by atoms with Gasteiger partial charge in [0.25, 0.3) is 5.91 Å². The van der Waals surface area contributed by atoms with Crippen molar-refractivity contribution in [3.8, 4) is 5.69 Å². The minimum absolute atomic E-state index is 0.253. The molecule has 3 rings (SSSR count). The fourth-order valence-corrected chi connectivity index (χ4v) is 2.94. The monoisotopic (exact) mass is 377 g/mol. The van der Waals surface area contributed by atoms with Gasteiger partial charge < -0.3 is 5.32 Å².